The molecule has 2 aromatic rings. The molecule has 1 aliphatic rings. The average molecular weight is 392 g/mol. The standard InChI is InChI=1S/C19H22ClN3O2S/c1-14(15-5-2-3-6-16(15)20)21-13-18(24)22-8-10-23(11-9-22)19(25)17-7-4-12-26-17/h2-7,12,14,21H,8-11,13H2,1H3/t14-/m0/s1. The fourth-order valence-electron chi connectivity index (χ4n) is 3.00. The van der Waals surface area contributed by atoms with Gasteiger partial charge in [-0.1, -0.05) is 35.9 Å². The van der Waals surface area contributed by atoms with Gasteiger partial charge in [-0.3, -0.25) is 9.59 Å². The molecule has 1 aromatic carbocycles. The van der Waals surface area contributed by atoms with Crippen LogP contribution in [0.5, 0.6) is 0 Å². The highest BCUT2D eigenvalue weighted by atomic mass is 35.5. The van der Waals surface area contributed by atoms with E-state index in [1.807, 2.05) is 58.5 Å². The van der Waals surface area contributed by atoms with E-state index in [0.717, 1.165) is 10.4 Å². The Kier molecular flexibility index (Phi) is 6.29. The van der Waals surface area contributed by atoms with Crippen LogP contribution in [0.4, 0.5) is 0 Å². The molecule has 2 amide bonds. The highest BCUT2D eigenvalue weighted by molar-refractivity contribution is 7.12. The number of thiophene rings is 1. The zero-order valence-electron chi connectivity index (χ0n) is 14.7. The van der Waals surface area contributed by atoms with Crippen molar-refractivity contribution < 1.29 is 9.59 Å². The summed E-state index contributed by atoms with van der Waals surface area (Å²) in [5.74, 6) is 0.102. The predicted octanol–water partition coefficient (Wildman–Crippen LogP) is 3.04. The third-order valence-corrected chi connectivity index (χ3v) is 5.78. The molecule has 7 heteroatoms. The van der Waals surface area contributed by atoms with E-state index in [1.54, 1.807) is 0 Å². The van der Waals surface area contributed by atoms with E-state index in [4.69, 9.17) is 11.6 Å². The number of hydrogen-bond donors (Lipinski definition) is 1. The minimum atomic E-state index is -0.00524. The van der Waals surface area contributed by atoms with Crippen molar-refractivity contribution in [3.63, 3.8) is 0 Å². The quantitative estimate of drug-likeness (QED) is 0.852. The van der Waals surface area contributed by atoms with Gasteiger partial charge in [0.1, 0.15) is 0 Å². The van der Waals surface area contributed by atoms with Crippen molar-refractivity contribution in [1.29, 1.82) is 0 Å². The van der Waals surface area contributed by atoms with Gasteiger partial charge in [0.2, 0.25) is 5.91 Å². The molecule has 5 nitrogen and oxygen atoms in total. The molecule has 0 aliphatic carbocycles. The van der Waals surface area contributed by atoms with Crippen LogP contribution in [0.3, 0.4) is 0 Å². The van der Waals surface area contributed by atoms with Gasteiger partial charge in [0.05, 0.1) is 11.4 Å². The SMILES string of the molecule is C[C@H](NCC(=O)N1CCN(C(=O)c2cccs2)CC1)c1ccccc1Cl. The second kappa shape index (κ2) is 8.66. The van der Waals surface area contributed by atoms with Crippen LogP contribution in [0.25, 0.3) is 0 Å². The summed E-state index contributed by atoms with van der Waals surface area (Å²) in [4.78, 5) is 29.2. The maximum absolute atomic E-state index is 12.5. The maximum Gasteiger partial charge on any atom is 0.264 e. The van der Waals surface area contributed by atoms with Gasteiger partial charge in [-0.25, -0.2) is 0 Å². The van der Waals surface area contributed by atoms with Crippen molar-refractivity contribution in [1.82, 2.24) is 15.1 Å². The lowest BCUT2D eigenvalue weighted by Crippen LogP contribution is -2.52. The topological polar surface area (TPSA) is 52.7 Å². The fraction of sp³-hybridized carbons (Fsp3) is 0.368. The maximum atomic E-state index is 12.5. The van der Waals surface area contributed by atoms with Gasteiger partial charge in [-0.15, -0.1) is 11.3 Å². The van der Waals surface area contributed by atoms with Crippen LogP contribution in [0.1, 0.15) is 28.2 Å². The zero-order chi connectivity index (χ0) is 18.5. The summed E-state index contributed by atoms with van der Waals surface area (Å²) < 4.78 is 0. The van der Waals surface area contributed by atoms with Crippen molar-refractivity contribution in [3.8, 4) is 0 Å². The molecular formula is C19H22ClN3O2S. The van der Waals surface area contributed by atoms with E-state index < -0.39 is 0 Å². The Balaban J connectivity index is 1.46. The second-order valence-electron chi connectivity index (χ2n) is 6.27. The lowest BCUT2D eigenvalue weighted by molar-refractivity contribution is -0.131. The lowest BCUT2D eigenvalue weighted by Gasteiger charge is -2.34. The summed E-state index contributed by atoms with van der Waals surface area (Å²) in [5.41, 5.74) is 0.980. The molecule has 1 aromatic heterocycles. The summed E-state index contributed by atoms with van der Waals surface area (Å²) in [7, 11) is 0. The minimum Gasteiger partial charge on any atom is -0.338 e. The van der Waals surface area contributed by atoms with Gasteiger partial charge in [-0.2, -0.15) is 0 Å². The van der Waals surface area contributed by atoms with Crippen LogP contribution in [0.2, 0.25) is 5.02 Å². The monoisotopic (exact) mass is 391 g/mol. The Bertz CT molecular complexity index is 758. The first kappa shape index (κ1) is 18.9. The number of piperazine rings is 1. The van der Waals surface area contributed by atoms with Crippen LogP contribution in [0.15, 0.2) is 41.8 Å². The molecule has 1 N–H and O–H groups in total. The van der Waals surface area contributed by atoms with Gasteiger partial charge in [0.15, 0.2) is 0 Å². The summed E-state index contributed by atoms with van der Waals surface area (Å²) in [6, 6.07) is 11.3. The molecular weight excluding hydrogens is 370 g/mol. The molecule has 0 unspecified atom stereocenters. The van der Waals surface area contributed by atoms with E-state index in [-0.39, 0.29) is 24.4 Å². The van der Waals surface area contributed by atoms with E-state index in [2.05, 4.69) is 5.32 Å². The summed E-state index contributed by atoms with van der Waals surface area (Å²) >= 11 is 7.65. The molecule has 0 bridgehead atoms. The third kappa shape index (κ3) is 4.44. The number of nitrogens with one attached hydrogen (secondary N) is 1. The Morgan fingerprint density at radius 1 is 1.12 bits per heavy atom. The molecule has 1 aliphatic heterocycles. The van der Waals surface area contributed by atoms with Gasteiger partial charge in [0, 0.05) is 37.2 Å². The average Bonchev–Trinajstić information content (AvgIpc) is 3.20. The van der Waals surface area contributed by atoms with Crippen molar-refractivity contribution in [3.05, 3.63) is 57.2 Å². The van der Waals surface area contributed by atoms with Gasteiger partial charge in [-0.05, 0) is 30.0 Å². The number of carbonyl (C=O) groups is 2. The van der Waals surface area contributed by atoms with Crippen molar-refractivity contribution in [2.75, 3.05) is 32.7 Å². The fourth-order valence-corrected chi connectivity index (χ4v) is 3.99. The van der Waals surface area contributed by atoms with Gasteiger partial charge in [0.25, 0.3) is 5.91 Å². The number of carbonyl (C=O) groups excluding carboxylic acids is 2. The van der Waals surface area contributed by atoms with Crippen molar-refractivity contribution in [2.45, 2.75) is 13.0 Å². The number of nitrogens with zero attached hydrogens (tertiary/aromatic N) is 2. The number of halogens is 1. The Labute approximate surface area is 162 Å². The first-order chi connectivity index (χ1) is 12.6. The Morgan fingerprint density at radius 3 is 2.46 bits per heavy atom. The molecule has 26 heavy (non-hydrogen) atoms. The Hall–Kier alpha value is -1.89. The molecule has 0 saturated carbocycles. The molecule has 1 atom stereocenters. The first-order valence-corrected chi connectivity index (χ1v) is 9.90. The first-order valence-electron chi connectivity index (χ1n) is 8.64. The molecule has 1 saturated heterocycles. The van der Waals surface area contributed by atoms with Crippen LogP contribution in [0, 0.1) is 0 Å². The third-order valence-electron chi connectivity index (χ3n) is 4.58. The number of hydrogen-bond acceptors (Lipinski definition) is 4. The number of benzene rings is 1. The summed E-state index contributed by atoms with van der Waals surface area (Å²) in [6.45, 7) is 4.53. The van der Waals surface area contributed by atoms with E-state index in [0.29, 0.717) is 31.2 Å². The van der Waals surface area contributed by atoms with Crippen molar-refractivity contribution >= 4 is 34.8 Å². The van der Waals surface area contributed by atoms with Gasteiger partial charge < -0.3 is 15.1 Å². The second-order valence-corrected chi connectivity index (χ2v) is 7.63. The van der Waals surface area contributed by atoms with Crippen molar-refractivity contribution in [2.24, 2.45) is 0 Å². The molecule has 2 heterocycles. The van der Waals surface area contributed by atoms with Gasteiger partial charge >= 0.3 is 0 Å². The van der Waals surface area contributed by atoms with Crippen LogP contribution < -0.4 is 5.32 Å². The Morgan fingerprint density at radius 2 is 1.81 bits per heavy atom. The normalized spacial score (nSPS) is 15.8. The van der Waals surface area contributed by atoms with E-state index >= 15 is 0 Å². The van der Waals surface area contributed by atoms with E-state index in [9.17, 15) is 9.59 Å². The molecule has 3 rings (SSSR count). The van der Waals surface area contributed by atoms with Crippen LogP contribution in [-0.4, -0.2) is 54.3 Å². The molecule has 0 spiro atoms. The zero-order valence-corrected chi connectivity index (χ0v) is 16.2. The minimum absolute atomic E-state index is 0.00524. The molecule has 1 fully saturated rings. The smallest absolute Gasteiger partial charge is 0.264 e. The lowest BCUT2D eigenvalue weighted by atomic mass is 10.1. The number of amides is 2. The highest BCUT2D eigenvalue weighted by Gasteiger charge is 2.25. The molecule has 0 radical (unpaired) electrons. The molecule has 138 valence electrons. The predicted molar refractivity (Wildman–Crippen MR) is 105 cm³/mol. The largest absolute Gasteiger partial charge is 0.338 e. The van der Waals surface area contributed by atoms with Crippen LogP contribution >= 0.6 is 22.9 Å². The van der Waals surface area contributed by atoms with E-state index in [1.165, 1.54) is 11.3 Å². The highest BCUT2D eigenvalue weighted by Crippen LogP contribution is 2.22. The number of rotatable bonds is 5. The van der Waals surface area contributed by atoms with Crippen LogP contribution in [-0.2, 0) is 4.79 Å². The summed E-state index contributed by atoms with van der Waals surface area (Å²) in [5, 5.41) is 5.84. The summed E-state index contributed by atoms with van der Waals surface area (Å²) in [6.07, 6.45) is 0.